The van der Waals surface area contributed by atoms with E-state index in [1.54, 1.807) is 11.1 Å². The number of halogens is 2. The maximum Gasteiger partial charge on any atom is 0.261 e. The van der Waals surface area contributed by atoms with Crippen LogP contribution in [0.3, 0.4) is 0 Å². The number of nitrogens with two attached hydrogens (primary N) is 1. The van der Waals surface area contributed by atoms with Gasteiger partial charge in [-0.25, -0.2) is 13.8 Å². The Kier molecular flexibility index (Phi) is 2.40. The number of anilines is 1. The van der Waals surface area contributed by atoms with Crippen LogP contribution in [0.2, 0.25) is 0 Å². The molecule has 1 fully saturated rings. The van der Waals surface area contributed by atoms with Crippen molar-refractivity contribution in [1.82, 2.24) is 9.88 Å². The zero-order valence-electron chi connectivity index (χ0n) is 7.54. The summed E-state index contributed by atoms with van der Waals surface area (Å²) >= 11 is 1.35. The van der Waals surface area contributed by atoms with Gasteiger partial charge in [0.05, 0.1) is 6.54 Å². The Hall–Kier alpha value is -0.750. The van der Waals surface area contributed by atoms with Gasteiger partial charge in [-0.3, -0.25) is 4.90 Å². The average molecular weight is 219 g/mol. The van der Waals surface area contributed by atoms with Crippen molar-refractivity contribution in [1.29, 1.82) is 0 Å². The fraction of sp³-hybridized carbons (Fsp3) is 0.625. The number of likely N-dealkylation sites (tertiary alicyclic amines) is 1. The molecule has 14 heavy (non-hydrogen) atoms. The second-order valence-electron chi connectivity index (χ2n) is 3.48. The quantitative estimate of drug-likeness (QED) is 0.821. The first kappa shape index (κ1) is 9.79. The van der Waals surface area contributed by atoms with Gasteiger partial charge in [-0.15, -0.1) is 11.3 Å². The minimum Gasteiger partial charge on any atom is -0.375 e. The van der Waals surface area contributed by atoms with Gasteiger partial charge < -0.3 is 5.73 Å². The maximum absolute atomic E-state index is 12.8. The smallest absolute Gasteiger partial charge is 0.261 e. The first-order valence-corrected chi connectivity index (χ1v) is 5.17. The third kappa shape index (κ3) is 2.19. The summed E-state index contributed by atoms with van der Waals surface area (Å²) in [6.45, 7) is 0.833. The highest BCUT2D eigenvalue weighted by Gasteiger charge is 2.37. The van der Waals surface area contributed by atoms with Crippen LogP contribution >= 0.6 is 11.3 Å². The standard InChI is InChI=1S/C8H11F2N3S/c9-8(10)1-2-13(5-8)4-6-3-12-7(11)14-6/h3H,1-2,4-5H2,(H2,11,12). The van der Waals surface area contributed by atoms with Gasteiger partial charge in [0.1, 0.15) is 0 Å². The SMILES string of the molecule is Nc1ncc(CN2CCC(F)(F)C2)s1. The van der Waals surface area contributed by atoms with E-state index in [-0.39, 0.29) is 13.0 Å². The van der Waals surface area contributed by atoms with Crippen molar-refractivity contribution in [2.24, 2.45) is 0 Å². The predicted octanol–water partition coefficient (Wildman–Crippen LogP) is 1.57. The van der Waals surface area contributed by atoms with Gasteiger partial charge in [0.2, 0.25) is 0 Å². The summed E-state index contributed by atoms with van der Waals surface area (Å²) < 4.78 is 25.6. The first-order chi connectivity index (χ1) is 6.55. The summed E-state index contributed by atoms with van der Waals surface area (Å²) in [5, 5.41) is 0.492. The van der Waals surface area contributed by atoms with Crippen molar-refractivity contribution >= 4 is 16.5 Å². The fourth-order valence-corrected chi connectivity index (χ4v) is 2.28. The number of hydrogen-bond donors (Lipinski definition) is 1. The monoisotopic (exact) mass is 219 g/mol. The van der Waals surface area contributed by atoms with Crippen LogP contribution in [-0.2, 0) is 6.54 Å². The summed E-state index contributed by atoms with van der Waals surface area (Å²) in [6.07, 6.45) is 1.61. The van der Waals surface area contributed by atoms with E-state index in [9.17, 15) is 8.78 Å². The van der Waals surface area contributed by atoms with Crippen LogP contribution in [-0.4, -0.2) is 28.9 Å². The molecule has 78 valence electrons. The second kappa shape index (κ2) is 3.43. The lowest BCUT2D eigenvalue weighted by molar-refractivity contribution is 0.0116. The van der Waals surface area contributed by atoms with Crippen molar-refractivity contribution in [3.05, 3.63) is 11.1 Å². The molecule has 0 amide bonds. The van der Waals surface area contributed by atoms with E-state index in [4.69, 9.17) is 5.73 Å². The zero-order valence-corrected chi connectivity index (χ0v) is 8.36. The summed E-state index contributed by atoms with van der Waals surface area (Å²) in [5.41, 5.74) is 5.45. The second-order valence-corrected chi connectivity index (χ2v) is 4.63. The fourth-order valence-electron chi connectivity index (χ4n) is 1.56. The first-order valence-electron chi connectivity index (χ1n) is 4.35. The molecule has 0 aromatic carbocycles. The van der Waals surface area contributed by atoms with Gasteiger partial charge in [-0.05, 0) is 0 Å². The molecular weight excluding hydrogens is 208 g/mol. The van der Waals surface area contributed by atoms with Crippen molar-refractivity contribution in [3.63, 3.8) is 0 Å². The van der Waals surface area contributed by atoms with E-state index in [0.717, 1.165) is 4.88 Å². The number of nitrogens with zero attached hydrogens (tertiary/aromatic N) is 2. The molecule has 1 aromatic heterocycles. The molecule has 1 aliphatic heterocycles. The molecule has 1 aliphatic rings. The molecule has 0 unspecified atom stereocenters. The molecule has 2 heterocycles. The average Bonchev–Trinajstić information content (AvgIpc) is 2.59. The predicted molar refractivity (Wildman–Crippen MR) is 51.4 cm³/mol. The lowest BCUT2D eigenvalue weighted by Gasteiger charge is -2.13. The topological polar surface area (TPSA) is 42.1 Å². The molecule has 3 nitrogen and oxygen atoms in total. The summed E-state index contributed by atoms with van der Waals surface area (Å²) in [7, 11) is 0. The van der Waals surface area contributed by atoms with Gasteiger partial charge in [0, 0.05) is 30.6 Å². The van der Waals surface area contributed by atoms with E-state index in [2.05, 4.69) is 4.98 Å². The van der Waals surface area contributed by atoms with Gasteiger partial charge in [0.15, 0.2) is 5.13 Å². The number of hydrogen-bond acceptors (Lipinski definition) is 4. The Bertz CT molecular complexity index is 326. The number of aromatic nitrogens is 1. The molecular formula is C8H11F2N3S. The Labute approximate surface area is 84.5 Å². The summed E-state index contributed by atoms with van der Waals surface area (Å²) in [4.78, 5) is 6.55. The largest absolute Gasteiger partial charge is 0.375 e. The van der Waals surface area contributed by atoms with Crippen LogP contribution < -0.4 is 5.73 Å². The molecule has 6 heteroatoms. The molecule has 0 spiro atoms. The molecule has 0 aliphatic carbocycles. The summed E-state index contributed by atoms with van der Waals surface area (Å²) in [6, 6.07) is 0. The Morgan fingerprint density at radius 2 is 2.43 bits per heavy atom. The minimum absolute atomic E-state index is 0.0404. The van der Waals surface area contributed by atoms with Crippen molar-refractivity contribution in [3.8, 4) is 0 Å². The summed E-state index contributed by atoms with van der Waals surface area (Å²) in [5.74, 6) is -2.52. The molecule has 2 N–H and O–H groups in total. The molecule has 0 atom stereocenters. The Morgan fingerprint density at radius 1 is 1.64 bits per heavy atom. The Morgan fingerprint density at radius 3 is 2.93 bits per heavy atom. The van der Waals surface area contributed by atoms with Crippen LogP contribution in [0.1, 0.15) is 11.3 Å². The number of rotatable bonds is 2. The van der Waals surface area contributed by atoms with Crippen LogP contribution in [0.4, 0.5) is 13.9 Å². The normalized spacial score (nSPS) is 21.6. The number of thiazole rings is 1. The molecule has 0 radical (unpaired) electrons. The van der Waals surface area contributed by atoms with Crippen LogP contribution in [0.5, 0.6) is 0 Å². The number of alkyl halides is 2. The van der Waals surface area contributed by atoms with Crippen LogP contribution in [0.25, 0.3) is 0 Å². The third-order valence-electron chi connectivity index (χ3n) is 2.20. The van der Waals surface area contributed by atoms with Gasteiger partial charge in [0.25, 0.3) is 5.92 Å². The molecule has 1 saturated heterocycles. The van der Waals surface area contributed by atoms with Crippen molar-refractivity contribution in [2.45, 2.75) is 18.9 Å². The third-order valence-corrected chi connectivity index (χ3v) is 3.01. The van der Waals surface area contributed by atoms with E-state index in [1.807, 2.05) is 0 Å². The lowest BCUT2D eigenvalue weighted by atomic mass is 10.3. The van der Waals surface area contributed by atoms with Crippen LogP contribution in [0.15, 0.2) is 6.20 Å². The minimum atomic E-state index is -2.52. The van der Waals surface area contributed by atoms with E-state index < -0.39 is 5.92 Å². The molecule has 0 bridgehead atoms. The van der Waals surface area contributed by atoms with Gasteiger partial charge >= 0.3 is 0 Å². The van der Waals surface area contributed by atoms with Crippen molar-refractivity contribution in [2.75, 3.05) is 18.8 Å². The van der Waals surface area contributed by atoms with Gasteiger partial charge in [-0.2, -0.15) is 0 Å². The zero-order chi connectivity index (χ0) is 10.2. The van der Waals surface area contributed by atoms with Crippen LogP contribution in [0, 0.1) is 0 Å². The van der Waals surface area contributed by atoms with Gasteiger partial charge in [-0.1, -0.05) is 0 Å². The highest BCUT2D eigenvalue weighted by Crippen LogP contribution is 2.28. The van der Waals surface area contributed by atoms with Crippen molar-refractivity contribution < 1.29 is 8.78 Å². The highest BCUT2D eigenvalue weighted by molar-refractivity contribution is 7.15. The Balaban J connectivity index is 1.94. The highest BCUT2D eigenvalue weighted by atomic mass is 32.1. The molecule has 2 rings (SSSR count). The number of nitrogen functional groups attached to an aromatic ring is 1. The maximum atomic E-state index is 12.8. The van der Waals surface area contributed by atoms with E-state index in [0.29, 0.717) is 18.2 Å². The lowest BCUT2D eigenvalue weighted by Crippen LogP contribution is -2.24. The molecule has 1 aromatic rings. The molecule has 0 saturated carbocycles. The van der Waals surface area contributed by atoms with E-state index in [1.165, 1.54) is 11.3 Å². The van der Waals surface area contributed by atoms with E-state index >= 15 is 0 Å².